The zero-order chi connectivity index (χ0) is 23.2. The topological polar surface area (TPSA) is 110 Å². The molecule has 34 heavy (non-hydrogen) atoms. The van der Waals surface area contributed by atoms with Gasteiger partial charge in [-0.05, 0) is 49.7 Å². The van der Waals surface area contributed by atoms with E-state index in [4.69, 9.17) is 4.74 Å². The number of hydrogen-bond acceptors (Lipinski definition) is 8. The van der Waals surface area contributed by atoms with E-state index in [9.17, 15) is 9.90 Å². The number of ether oxygens (including phenoxy) is 1. The standard InChI is InChI=1S/C25H27N5O3S/c31-20(32)12-25-10-8-24(9-11-25,15-33-25)19-6-4-16(5-7-19)18-13-26-22(27-14-18)28-23-30-29-21(34-23)17-2-1-3-17/h4-7,13-14,17H,1-3,8-12,15H2,(H,31,32)(H,26,27,28,30). The van der Waals surface area contributed by atoms with Crippen molar-refractivity contribution in [3.8, 4) is 11.1 Å². The Morgan fingerprint density at radius 1 is 1.06 bits per heavy atom. The number of aromatic nitrogens is 4. The summed E-state index contributed by atoms with van der Waals surface area (Å²) in [7, 11) is 0. The molecule has 2 N–H and O–H groups in total. The van der Waals surface area contributed by atoms with Crippen molar-refractivity contribution in [3.05, 3.63) is 47.2 Å². The number of rotatable bonds is 7. The maximum Gasteiger partial charge on any atom is 0.306 e. The van der Waals surface area contributed by atoms with Gasteiger partial charge in [-0.2, -0.15) is 0 Å². The van der Waals surface area contributed by atoms with Crippen LogP contribution in [0.1, 0.15) is 67.9 Å². The van der Waals surface area contributed by atoms with E-state index in [2.05, 4.69) is 49.7 Å². The monoisotopic (exact) mass is 477 g/mol. The number of carbonyl (C=O) groups is 1. The van der Waals surface area contributed by atoms with Crippen molar-refractivity contribution in [1.29, 1.82) is 0 Å². The Labute approximate surface area is 201 Å². The molecule has 2 aliphatic heterocycles. The minimum Gasteiger partial charge on any atom is -0.481 e. The molecule has 8 nitrogen and oxygen atoms in total. The predicted octanol–water partition coefficient (Wildman–Crippen LogP) is 5.06. The number of nitrogens with zero attached hydrogens (tertiary/aromatic N) is 4. The molecular weight excluding hydrogens is 450 g/mol. The molecule has 2 saturated carbocycles. The quantitative estimate of drug-likeness (QED) is 0.486. The fraction of sp³-hybridized carbons (Fsp3) is 0.480. The number of hydrogen-bond donors (Lipinski definition) is 2. The van der Waals surface area contributed by atoms with E-state index in [0.717, 1.165) is 46.9 Å². The molecule has 0 unspecified atom stereocenters. The molecule has 4 heterocycles. The summed E-state index contributed by atoms with van der Waals surface area (Å²) in [5.41, 5.74) is 2.79. The minimum atomic E-state index is -0.774. The van der Waals surface area contributed by atoms with Gasteiger partial charge in [-0.25, -0.2) is 9.97 Å². The highest BCUT2D eigenvalue weighted by Gasteiger charge is 2.51. The number of carboxylic acids is 1. The lowest BCUT2D eigenvalue weighted by Gasteiger charge is -2.53. The van der Waals surface area contributed by atoms with E-state index in [1.54, 1.807) is 11.3 Å². The smallest absolute Gasteiger partial charge is 0.306 e. The van der Waals surface area contributed by atoms with E-state index in [0.29, 0.717) is 18.5 Å². The Kier molecular flexibility index (Phi) is 5.33. The highest BCUT2D eigenvalue weighted by atomic mass is 32.1. The third-order valence-corrected chi connectivity index (χ3v) is 8.84. The first-order chi connectivity index (χ1) is 16.5. The third kappa shape index (κ3) is 3.96. The average molecular weight is 478 g/mol. The maximum atomic E-state index is 11.2. The second-order valence-corrected chi connectivity index (χ2v) is 10.9. The van der Waals surface area contributed by atoms with E-state index in [-0.39, 0.29) is 11.8 Å². The number of anilines is 2. The fourth-order valence-electron chi connectivity index (χ4n) is 5.40. The SMILES string of the molecule is O=C(O)CC12CCC(c3ccc(-c4cnc(Nc5nnc(C6CCC6)s5)nc4)cc3)(CC1)CO2. The van der Waals surface area contributed by atoms with Gasteiger partial charge in [0.1, 0.15) is 5.01 Å². The van der Waals surface area contributed by atoms with Crippen LogP contribution in [0.4, 0.5) is 11.1 Å². The van der Waals surface area contributed by atoms with E-state index in [1.807, 2.05) is 12.4 Å². The normalized spacial score (nSPS) is 26.2. The Morgan fingerprint density at radius 3 is 2.38 bits per heavy atom. The lowest BCUT2D eigenvalue weighted by Crippen LogP contribution is -2.54. The zero-order valence-corrected chi connectivity index (χ0v) is 19.7. The molecule has 4 aliphatic rings. The van der Waals surface area contributed by atoms with Crippen molar-refractivity contribution >= 4 is 28.4 Å². The molecule has 3 aromatic rings. The van der Waals surface area contributed by atoms with Crippen molar-refractivity contribution in [2.75, 3.05) is 11.9 Å². The van der Waals surface area contributed by atoms with Gasteiger partial charge in [-0.1, -0.05) is 42.0 Å². The first-order valence-electron chi connectivity index (χ1n) is 11.9. The van der Waals surface area contributed by atoms with Gasteiger partial charge >= 0.3 is 5.97 Å². The molecule has 2 aromatic heterocycles. The molecule has 9 heteroatoms. The molecular formula is C25H27N5O3S. The first kappa shape index (κ1) is 21.6. The Hall–Kier alpha value is -2.91. The van der Waals surface area contributed by atoms with Gasteiger partial charge in [0.15, 0.2) is 0 Å². The lowest BCUT2D eigenvalue weighted by molar-refractivity contribution is -0.174. The predicted molar refractivity (Wildman–Crippen MR) is 128 cm³/mol. The largest absolute Gasteiger partial charge is 0.481 e. The molecule has 2 aliphatic carbocycles. The number of nitrogens with one attached hydrogen (secondary N) is 1. The van der Waals surface area contributed by atoms with E-state index >= 15 is 0 Å². The van der Waals surface area contributed by atoms with Crippen LogP contribution in [0.15, 0.2) is 36.7 Å². The molecule has 0 spiro atoms. The van der Waals surface area contributed by atoms with Crippen molar-refractivity contribution in [3.63, 3.8) is 0 Å². The maximum absolute atomic E-state index is 11.2. The molecule has 7 rings (SSSR count). The molecule has 4 fully saturated rings. The molecule has 2 bridgehead atoms. The molecule has 0 radical (unpaired) electrons. The van der Waals surface area contributed by atoms with Gasteiger partial charge in [0.2, 0.25) is 11.1 Å². The zero-order valence-electron chi connectivity index (χ0n) is 18.9. The van der Waals surface area contributed by atoms with Crippen LogP contribution in [0.2, 0.25) is 0 Å². The number of carboxylic acid groups (broad SMARTS) is 1. The first-order valence-corrected chi connectivity index (χ1v) is 12.7. The second kappa shape index (κ2) is 8.39. The summed E-state index contributed by atoms with van der Waals surface area (Å²) < 4.78 is 6.12. The van der Waals surface area contributed by atoms with Crippen LogP contribution in [0.3, 0.4) is 0 Å². The van der Waals surface area contributed by atoms with Gasteiger partial charge in [0.25, 0.3) is 0 Å². The summed E-state index contributed by atoms with van der Waals surface area (Å²) in [5, 5.41) is 22.7. The van der Waals surface area contributed by atoms with E-state index < -0.39 is 11.6 Å². The highest BCUT2D eigenvalue weighted by Crippen LogP contribution is 2.51. The molecule has 0 amide bonds. The molecule has 176 valence electrons. The van der Waals surface area contributed by atoms with Crippen molar-refractivity contribution < 1.29 is 14.6 Å². The van der Waals surface area contributed by atoms with Crippen LogP contribution >= 0.6 is 11.3 Å². The van der Waals surface area contributed by atoms with Crippen LogP contribution in [0.25, 0.3) is 11.1 Å². The minimum absolute atomic E-state index is 0.0108. The van der Waals surface area contributed by atoms with Crippen LogP contribution in [0, 0.1) is 0 Å². The highest BCUT2D eigenvalue weighted by molar-refractivity contribution is 7.15. The summed E-state index contributed by atoms with van der Waals surface area (Å²) in [6.45, 7) is 0.594. The summed E-state index contributed by atoms with van der Waals surface area (Å²) in [4.78, 5) is 20.2. The number of fused-ring (bicyclic) bond motifs is 3. The van der Waals surface area contributed by atoms with Gasteiger partial charge < -0.3 is 9.84 Å². The third-order valence-electron chi connectivity index (χ3n) is 7.84. The van der Waals surface area contributed by atoms with Gasteiger partial charge in [-0.3, -0.25) is 10.1 Å². The summed E-state index contributed by atoms with van der Waals surface area (Å²) >= 11 is 1.58. The lowest BCUT2D eigenvalue weighted by atomic mass is 9.62. The van der Waals surface area contributed by atoms with Gasteiger partial charge in [-0.15, -0.1) is 10.2 Å². The fourth-order valence-corrected chi connectivity index (χ4v) is 6.30. The van der Waals surface area contributed by atoms with E-state index in [1.165, 1.54) is 24.8 Å². The molecule has 2 saturated heterocycles. The Bertz CT molecular complexity index is 1170. The van der Waals surface area contributed by atoms with Crippen molar-refractivity contribution in [2.45, 2.75) is 68.3 Å². The van der Waals surface area contributed by atoms with Gasteiger partial charge in [0.05, 0.1) is 18.6 Å². The molecule has 1 aromatic carbocycles. The average Bonchev–Trinajstić information content (AvgIpc) is 3.27. The second-order valence-electron chi connectivity index (χ2n) is 9.89. The van der Waals surface area contributed by atoms with Crippen molar-refractivity contribution in [1.82, 2.24) is 20.2 Å². The Balaban J connectivity index is 1.11. The molecule has 0 atom stereocenters. The van der Waals surface area contributed by atoms with Crippen LogP contribution in [0.5, 0.6) is 0 Å². The van der Waals surface area contributed by atoms with Gasteiger partial charge in [0, 0.05) is 29.3 Å². The van der Waals surface area contributed by atoms with Crippen LogP contribution in [-0.2, 0) is 14.9 Å². The summed E-state index contributed by atoms with van der Waals surface area (Å²) in [6.07, 6.45) is 11.0. The number of benzene rings is 1. The van der Waals surface area contributed by atoms with Crippen LogP contribution < -0.4 is 5.32 Å². The Morgan fingerprint density at radius 2 is 1.79 bits per heavy atom. The van der Waals surface area contributed by atoms with Crippen molar-refractivity contribution in [2.24, 2.45) is 0 Å². The summed E-state index contributed by atoms with van der Waals surface area (Å²) in [5.74, 6) is 0.311. The summed E-state index contributed by atoms with van der Waals surface area (Å²) in [6, 6.07) is 8.56. The number of aliphatic carboxylic acids is 1. The van der Waals surface area contributed by atoms with Crippen LogP contribution in [-0.4, -0.2) is 43.4 Å².